The Morgan fingerprint density at radius 1 is 0.935 bits per heavy atom. The number of amidine groups is 1. The molecule has 0 bridgehead atoms. The van der Waals surface area contributed by atoms with Crippen molar-refractivity contribution in [2.24, 2.45) is 4.99 Å². The quantitative estimate of drug-likeness (QED) is 0.458. The molecule has 1 aliphatic heterocycles. The van der Waals surface area contributed by atoms with Crippen molar-refractivity contribution < 1.29 is 49.0 Å². The third-order valence-electron chi connectivity index (χ3n) is 4.48. The molecule has 1 N–H and O–H groups in total. The summed E-state index contributed by atoms with van der Waals surface area (Å²) >= 11 is 0. The van der Waals surface area contributed by atoms with Crippen molar-refractivity contribution in [1.82, 2.24) is 5.32 Å². The first kappa shape index (κ1) is 22.5. The van der Waals surface area contributed by atoms with Gasteiger partial charge in [-0.3, -0.25) is 10.1 Å². The monoisotopic (exact) mass is 420 g/mol. The minimum Gasteiger partial charge on any atom is -0.550 e. The molecule has 0 aliphatic carbocycles. The number of hydrogen-bond donors (Lipinski definition) is 1. The molecule has 6 nitrogen and oxygen atoms in total. The van der Waals surface area contributed by atoms with E-state index in [9.17, 15) is 14.7 Å². The van der Waals surface area contributed by atoms with E-state index in [0.29, 0.717) is 11.3 Å². The second-order valence-corrected chi connectivity index (χ2v) is 6.68. The molecule has 1 heterocycles. The molecule has 1 fully saturated rings. The number of aliphatic carboxylic acids is 1. The Morgan fingerprint density at radius 3 is 2.23 bits per heavy atom. The minimum absolute atomic E-state index is 0. The number of nitrogens with zero attached hydrogens (tertiary/aromatic N) is 1. The maximum atomic E-state index is 12.2. The summed E-state index contributed by atoms with van der Waals surface area (Å²) in [5.74, 6) is -1.38. The van der Waals surface area contributed by atoms with Crippen LogP contribution in [0.3, 0.4) is 0 Å². The van der Waals surface area contributed by atoms with E-state index in [1.54, 1.807) is 30.3 Å². The zero-order valence-electron chi connectivity index (χ0n) is 16.9. The molecule has 0 atom stereocenters. The van der Waals surface area contributed by atoms with Crippen LogP contribution in [0.1, 0.15) is 11.1 Å². The molecule has 4 rings (SSSR count). The van der Waals surface area contributed by atoms with Crippen molar-refractivity contribution in [3.05, 3.63) is 95.7 Å². The van der Waals surface area contributed by atoms with E-state index >= 15 is 0 Å². The van der Waals surface area contributed by atoms with E-state index in [1.165, 1.54) is 0 Å². The molecular weight excluding hydrogens is 403 g/mol. The maximum Gasteiger partial charge on any atom is 1.00 e. The standard InChI is InChI=1S/C24H18N2O4.Na/c27-22(28)15-17-8-12-20(13-9-17)25-24-26-23(29)21(30-24)14-16-6-10-19(11-7-16)18-4-2-1-3-5-18;/h1-14H,15H2,(H,27,28)(H,25,26,29);/q;+1/p-1. The Morgan fingerprint density at radius 2 is 1.58 bits per heavy atom. The molecule has 3 aromatic carbocycles. The number of nitrogens with one attached hydrogen (secondary N) is 1. The maximum absolute atomic E-state index is 12.2. The Balaban J connectivity index is 0.00000272. The molecule has 3 aromatic rings. The number of carboxylic acid groups (broad SMARTS) is 1. The van der Waals surface area contributed by atoms with Gasteiger partial charge < -0.3 is 14.6 Å². The summed E-state index contributed by atoms with van der Waals surface area (Å²) in [6, 6.07) is 24.4. The molecule has 148 valence electrons. The number of benzene rings is 3. The van der Waals surface area contributed by atoms with Crippen LogP contribution >= 0.6 is 0 Å². The number of amides is 1. The summed E-state index contributed by atoms with van der Waals surface area (Å²) in [7, 11) is 0. The largest absolute Gasteiger partial charge is 1.00 e. The van der Waals surface area contributed by atoms with Gasteiger partial charge in [0.15, 0.2) is 5.76 Å². The molecule has 7 heteroatoms. The summed E-state index contributed by atoms with van der Waals surface area (Å²) in [5, 5.41) is 13.2. The molecule has 0 saturated carbocycles. The predicted molar refractivity (Wildman–Crippen MR) is 111 cm³/mol. The van der Waals surface area contributed by atoms with E-state index in [0.717, 1.165) is 16.7 Å². The van der Waals surface area contributed by atoms with Gasteiger partial charge in [0.2, 0.25) is 0 Å². The van der Waals surface area contributed by atoms with Crippen LogP contribution in [0.4, 0.5) is 5.69 Å². The van der Waals surface area contributed by atoms with E-state index in [1.807, 2.05) is 54.6 Å². The number of carboxylic acids is 1. The zero-order chi connectivity index (χ0) is 20.9. The van der Waals surface area contributed by atoms with Crippen LogP contribution in [-0.4, -0.2) is 17.9 Å². The van der Waals surface area contributed by atoms with Gasteiger partial charge in [-0.25, -0.2) is 0 Å². The Kier molecular flexibility index (Phi) is 7.41. The minimum atomic E-state index is -1.15. The first-order valence-electron chi connectivity index (χ1n) is 9.31. The Hall–Kier alpha value is -3.19. The third-order valence-corrected chi connectivity index (χ3v) is 4.48. The van der Waals surface area contributed by atoms with Crippen LogP contribution in [0, 0.1) is 0 Å². The molecule has 0 aromatic heterocycles. The number of rotatable bonds is 5. The summed E-state index contributed by atoms with van der Waals surface area (Å²) in [4.78, 5) is 27.1. The first-order chi connectivity index (χ1) is 14.6. The van der Waals surface area contributed by atoms with Crippen LogP contribution in [0.5, 0.6) is 0 Å². The number of carbonyl (C=O) groups excluding carboxylic acids is 2. The van der Waals surface area contributed by atoms with Crippen molar-refractivity contribution in [1.29, 1.82) is 0 Å². The second kappa shape index (κ2) is 10.2. The van der Waals surface area contributed by atoms with Crippen molar-refractivity contribution in [3.8, 4) is 11.1 Å². The van der Waals surface area contributed by atoms with Gasteiger partial charge >= 0.3 is 35.6 Å². The van der Waals surface area contributed by atoms with Gasteiger partial charge in [0.1, 0.15) is 0 Å². The van der Waals surface area contributed by atoms with Gasteiger partial charge in [0.05, 0.1) is 5.69 Å². The fraction of sp³-hybridized carbons (Fsp3) is 0.0417. The molecular formula is C24H17N2NaO4. The van der Waals surface area contributed by atoms with E-state index in [-0.39, 0.29) is 53.7 Å². The molecule has 0 unspecified atom stereocenters. The van der Waals surface area contributed by atoms with Crippen LogP contribution in [0.25, 0.3) is 17.2 Å². The van der Waals surface area contributed by atoms with Gasteiger partial charge in [-0.1, -0.05) is 66.7 Å². The van der Waals surface area contributed by atoms with Crippen LogP contribution < -0.4 is 40.0 Å². The van der Waals surface area contributed by atoms with Gasteiger partial charge in [-0.15, -0.1) is 0 Å². The van der Waals surface area contributed by atoms with Gasteiger partial charge in [-0.05, 0) is 40.5 Å². The Bertz CT molecular complexity index is 1140. The van der Waals surface area contributed by atoms with Gasteiger partial charge in [-0.2, -0.15) is 4.99 Å². The molecule has 1 saturated heterocycles. The fourth-order valence-electron chi connectivity index (χ4n) is 3.01. The van der Waals surface area contributed by atoms with Crippen LogP contribution in [-0.2, 0) is 20.7 Å². The summed E-state index contributed by atoms with van der Waals surface area (Å²) in [6.07, 6.45) is 1.48. The number of ether oxygens (including phenoxy) is 1. The van der Waals surface area contributed by atoms with Crippen LogP contribution in [0.2, 0.25) is 0 Å². The average molecular weight is 420 g/mol. The number of carbonyl (C=O) groups is 2. The summed E-state index contributed by atoms with van der Waals surface area (Å²) in [5.41, 5.74) is 4.16. The van der Waals surface area contributed by atoms with Gasteiger partial charge in [0, 0.05) is 12.4 Å². The van der Waals surface area contributed by atoms with E-state index in [4.69, 9.17) is 4.74 Å². The summed E-state index contributed by atoms with van der Waals surface area (Å²) < 4.78 is 5.54. The fourth-order valence-corrected chi connectivity index (χ4v) is 3.01. The first-order valence-corrected chi connectivity index (χ1v) is 9.31. The van der Waals surface area contributed by atoms with Crippen molar-refractivity contribution in [2.75, 3.05) is 0 Å². The Labute approximate surface area is 201 Å². The number of aliphatic imine (C=N–C) groups is 1. The number of hydrogen-bond acceptors (Lipinski definition) is 5. The van der Waals surface area contributed by atoms with Crippen molar-refractivity contribution >= 4 is 29.7 Å². The predicted octanol–water partition coefficient (Wildman–Crippen LogP) is -0.175. The smallest absolute Gasteiger partial charge is 0.550 e. The topological polar surface area (TPSA) is 90.8 Å². The summed E-state index contributed by atoms with van der Waals surface area (Å²) in [6.45, 7) is 0. The van der Waals surface area contributed by atoms with Crippen molar-refractivity contribution in [2.45, 2.75) is 6.42 Å². The average Bonchev–Trinajstić information content (AvgIpc) is 3.09. The van der Waals surface area contributed by atoms with Crippen molar-refractivity contribution in [3.63, 3.8) is 0 Å². The molecule has 0 radical (unpaired) electrons. The normalized spacial score (nSPS) is 15.3. The SMILES string of the molecule is O=C([O-])Cc1ccc(N=C2NC(=O)C(=Cc3ccc(-c4ccccc4)cc3)O2)cc1.[Na+]. The van der Waals surface area contributed by atoms with E-state index in [2.05, 4.69) is 10.3 Å². The molecule has 0 spiro atoms. The van der Waals surface area contributed by atoms with Gasteiger partial charge in [0.25, 0.3) is 5.91 Å². The zero-order valence-corrected chi connectivity index (χ0v) is 18.9. The van der Waals surface area contributed by atoms with Crippen LogP contribution in [0.15, 0.2) is 89.6 Å². The molecule has 31 heavy (non-hydrogen) atoms. The molecule has 1 amide bonds. The second-order valence-electron chi connectivity index (χ2n) is 6.68. The molecule has 1 aliphatic rings. The van der Waals surface area contributed by atoms with E-state index < -0.39 is 5.97 Å². The third kappa shape index (κ3) is 5.92.